The molecular weight excluding hydrogens is 235 g/mol. The van der Waals surface area contributed by atoms with Gasteiger partial charge in [-0.2, -0.15) is 0 Å². The molecule has 0 unspecified atom stereocenters. The van der Waals surface area contributed by atoms with Crippen LogP contribution in [0.5, 0.6) is 0 Å². The number of benzene rings is 2. The van der Waals surface area contributed by atoms with Crippen molar-refractivity contribution in [1.29, 1.82) is 0 Å². The fourth-order valence-electron chi connectivity index (χ4n) is 2.18. The van der Waals surface area contributed by atoms with Gasteiger partial charge in [0.2, 0.25) is 0 Å². The zero-order valence-corrected chi connectivity index (χ0v) is 9.55. The molecule has 0 atom stereocenters. The molecule has 0 aliphatic rings. The van der Waals surface area contributed by atoms with Crippen molar-refractivity contribution in [3.63, 3.8) is 0 Å². The zero-order valence-electron chi connectivity index (χ0n) is 8.74. The van der Waals surface area contributed by atoms with Crippen molar-refractivity contribution in [3.8, 4) is 0 Å². The van der Waals surface area contributed by atoms with E-state index >= 15 is 0 Å². The van der Waals surface area contributed by atoms with Crippen LogP contribution >= 0.6 is 11.3 Å². The summed E-state index contributed by atoms with van der Waals surface area (Å²) in [7, 11) is 0. The van der Waals surface area contributed by atoms with Crippen molar-refractivity contribution in [2.24, 2.45) is 0 Å². The Labute approximate surface area is 100 Å². The monoisotopic (exact) mass is 242 g/mol. The van der Waals surface area contributed by atoms with Gasteiger partial charge in [0.25, 0.3) is 0 Å². The number of halogens is 1. The smallest absolute Gasteiger partial charge is 0.154 e. The van der Waals surface area contributed by atoms with E-state index in [2.05, 4.69) is 6.07 Å². The molecule has 2 heterocycles. The van der Waals surface area contributed by atoms with Crippen molar-refractivity contribution in [1.82, 2.24) is 0 Å². The SMILES string of the molecule is Fc1ccc2oc3c4ccccc4sc3c2c1. The highest BCUT2D eigenvalue weighted by Crippen LogP contribution is 2.40. The first-order chi connectivity index (χ1) is 8.33. The summed E-state index contributed by atoms with van der Waals surface area (Å²) in [4.78, 5) is 0. The summed E-state index contributed by atoms with van der Waals surface area (Å²) in [5.41, 5.74) is 1.62. The van der Waals surface area contributed by atoms with Gasteiger partial charge in [-0.3, -0.25) is 0 Å². The lowest BCUT2D eigenvalue weighted by Gasteiger charge is -1.89. The standard InChI is InChI=1S/C14H7FOS/c15-8-5-6-11-10(7-8)14-13(16-11)9-3-1-2-4-12(9)17-14/h1-7H. The molecule has 2 aromatic heterocycles. The van der Waals surface area contributed by atoms with E-state index in [1.165, 1.54) is 16.8 Å². The second-order valence-corrected chi connectivity index (χ2v) is 5.05. The highest BCUT2D eigenvalue weighted by atomic mass is 32.1. The average molecular weight is 242 g/mol. The Balaban J connectivity index is 2.30. The van der Waals surface area contributed by atoms with Crippen LogP contribution in [0.15, 0.2) is 46.9 Å². The first-order valence-electron chi connectivity index (χ1n) is 5.32. The fraction of sp³-hybridized carbons (Fsp3) is 0. The number of rotatable bonds is 0. The maximum absolute atomic E-state index is 13.3. The molecule has 1 nitrogen and oxygen atoms in total. The van der Waals surface area contributed by atoms with Gasteiger partial charge in [0.15, 0.2) is 5.58 Å². The van der Waals surface area contributed by atoms with Crippen LogP contribution in [0.25, 0.3) is 31.3 Å². The second kappa shape index (κ2) is 3.08. The maximum Gasteiger partial charge on any atom is 0.154 e. The molecule has 4 rings (SSSR count). The van der Waals surface area contributed by atoms with E-state index < -0.39 is 0 Å². The van der Waals surface area contributed by atoms with E-state index in [1.54, 1.807) is 17.4 Å². The molecule has 3 heteroatoms. The summed E-state index contributed by atoms with van der Waals surface area (Å²) in [6.45, 7) is 0. The van der Waals surface area contributed by atoms with Crippen molar-refractivity contribution in [3.05, 3.63) is 48.3 Å². The summed E-state index contributed by atoms with van der Waals surface area (Å²) in [6.07, 6.45) is 0. The van der Waals surface area contributed by atoms with E-state index in [0.29, 0.717) is 0 Å². The minimum atomic E-state index is -0.224. The van der Waals surface area contributed by atoms with E-state index in [-0.39, 0.29) is 5.82 Å². The Morgan fingerprint density at radius 2 is 1.88 bits per heavy atom. The lowest BCUT2D eigenvalue weighted by molar-refractivity contribution is 0.626. The summed E-state index contributed by atoms with van der Waals surface area (Å²) in [6, 6.07) is 12.7. The van der Waals surface area contributed by atoms with Crippen molar-refractivity contribution in [2.45, 2.75) is 0 Å². The van der Waals surface area contributed by atoms with Gasteiger partial charge in [0.05, 0.1) is 4.70 Å². The highest BCUT2D eigenvalue weighted by molar-refractivity contribution is 7.26. The van der Waals surface area contributed by atoms with E-state index in [0.717, 1.165) is 26.6 Å². The number of thiophene rings is 1. The Kier molecular flexibility index (Phi) is 1.66. The van der Waals surface area contributed by atoms with Gasteiger partial charge in [-0.25, -0.2) is 4.39 Å². The lowest BCUT2D eigenvalue weighted by atomic mass is 10.2. The van der Waals surface area contributed by atoms with Gasteiger partial charge in [-0.05, 0) is 30.3 Å². The third kappa shape index (κ3) is 1.17. The molecule has 0 aliphatic heterocycles. The van der Waals surface area contributed by atoms with Crippen molar-refractivity contribution >= 4 is 42.7 Å². The number of furan rings is 1. The first-order valence-corrected chi connectivity index (χ1v) is 6.14. The molecule has 0 saturated heterocycles. The van der Waals surface area contributed by atoms with Crippen molar-refractivity contribution < 1.29 is 8.81 Å². The Hall–Kier alpha value is -1.87. The van der Waals surface area contributed by atoms with Gasteiger partial charge in [-0.1, -0.05) is 12.1 Å². The third-order valence-corrected chi connectivity index (χ3v) is 4.13. The predicted octanol–water partition coefficient (Wildman–Crippen LogP) is 4.94. The summed E-state index contributed by atoms with van der Waals surface area (Å²) in [5.74, 6) is -0.224. The fourth-order valence-corrected chi connectivity index (χ4v) is 3.33. The molecule has 0 bridgehead atoms. The molecule has 4 aromatic rings. The highest BCUT2D eigenvalue weighted by Gasteiger charge is 2.13. The predicted molar refractivity (Wildman–Crippen MR) is 69.1 cm³/mol. The maximum atomic E-state index is 13.3. The summed E-state index contributed by atoms with van der Waals surface area (Å²) < 4.78 is 21.3. The van der Waals surface area contributed by atoms with Gasteiger partial charge >= 0.3 is 0 Å². The molecule has 0 saturated carbocycles. The number of hydrogen-bond donors (Lipinski definition) is 0. The first kappa shape index (κ1) is 9.19. The second-order valence-electron chi connectivity index (χ2n) is 4.00. The van der Waals surface area contributed by atoms with Crippen LogP contribution in [-0.4, -0.2) is 0 Å². The van der Waals surface area contributed by atoms with Crippen LogP contribution in [0.1, 0.15) is 0 Å². The molecule has 0 radical (unpaired) electrons. The van der Waals surface area contributed by atoms with Gasteiger partial charge in [0.1, 0.15) is 11.4 Å². The van der Waals surface area contributed by atoms with Crippen molar-refractivity contribution in [2.75, 3.05) is 0 Å². The number of fused-ring (bicyclic) bond motifs is 5. The summed E-state index contributed by atoms with van der Waals surface area (Å²) >= 11 is 1.65. The molecular formula is C14H7FOS. The normalized spacial score (nSPS) is 11.8. The van der Waals surface area contributed by atoms with Crippen LogP contribution in [-0.2, 0) is 0 Å². The molecule has 0 aliphatic carbocycles. The van der Waals surface area contributed by atoms with Crippen LogP contribution in [0.4, 0.5) is 4.39 Å². The van der Waals surface area contributed by atoms with Gasteiger partial charge < -0.3 is 4.42 Å². The minimum Gasteiger partial charge on any atom is -0.454 e. The van der Waals surface area contributed by atoms with Gasteiger partial charge in [0, 0.05) is 15.5 Å². The van der Waals surface area contributed by atoms with Gasteiger partial charge in [-0.15, -0.1) is 11.3 Å². The average Bonchev–Trinajstić information content (AvgIpc) is 2.85. The van der Waals surface area contributed by atoms with E-state index in [9.17, 15) is 4.39 Å². The molecule has 0 N–H and O–H groups in total. The number of hydrogen-bond acceptors (Lipinski definition) is 2. The zero-order chi connectivity index (χ0) is 11.4. The molecule has 0 fully saturated rings. The topological polar surface area (TPSA) is 13.1 Å². The Morgan fingerprint density at radius 1 is 1.00 bits per heavy atom. The Bertz CT molecular complexity index is 856. The molecule has 17 heavy (non-hydrogen) atoms. The molecule has 0 amide bonds. The molecule has 0 spiro atoms. The molecule has 82 valence electrons. The van der Waals surface area contributed by atoms with Crippen LogP contribution in [0.3, 0.4) is 0 Å². The quantitative estimate of drug-likeness (QED) is 0.425. The Morgan fingerprint density at radius 3 is 2.82 bits per heavy atom. The molecule has 2 aromatic carbocycles. The third-order valence-electron chi connectivity index (χ3n) is 2.95. The minimum absolute atomic E-state index is 0.224. The van der Waals surface area contributed by atoms with Crippen LogP contribution in [0.2, 0.25) is 0 Å². The van der Waals surface area contributed by atoms with E-state index in [1.807, 2.05) is 18.2 Å². The van der Waals surface area contributed by atoms with E-state index in [4.69, 9.17) is 4.42 Å². The lowest BCUT2D eigenvalue weighted by Crippen LogP contribution is -1.69. The summed E-state index contributed by atoms with van der Waals surface area (Å²) in [5, 5.41) is 1.96. The largest absolute Gasteiger partial charge is 0.454 e. The van der Waals surface area contributed by atoms with Crippen LogP contribution < -0.4 is 0 Å². The van der Waals surface area contributed by atoms with Crippen LogP contribution in [0, 0.1) is 5.82 Å².